The lowest BCUT2D eigenvalue weighted by atomic mass is 9.95. The second-order valence-corrected chi connectivity index (χ2v) is 4.25. The van der Waals surface area contributed by atoms with E-state index in [9.17, 15) is 20.1 Å². The Morgan fingerprint density at radius 3 is 1.68 bits per heavy atom. The van der Waals surface area contributed by atoms with E-state index in [0.717, 1.165) is 19.2 Å². The van der Waals surface area contributed by atoms with Crippen LogP contribution in [0.25, 0.3) is 0 Å². The molecule has 19 heavy (non-hydrogen) atoms. The highest BCUT2D eigenvalue weighted by Crippen LogP contribution is 2.51. The molecule has 0 aromatic rings. The SMILES string of the molecule is COC(=O)[C@]1(C#N)N(NC(C)C)[C@@]1(C#N)C(=O)OC. The van der Waals surface area contributed by atoms with Crippen molar-refractivity contribution in [3.63, 3.8) is 0 Å². The van der Waals surface area contributed by atoms with Crippen LogP contribution in [-0.2, 0) is 19.1 Å². The monoisotopic (exact) mass is 266 g/mol. The number of rotatable bonds is 4. The van der Waals surface area contributed by atoms with Crippen LogP contribution < -0.4 is 5.43 Å². The number of ether oxygens (including phenoxy) is 2. The van der Waals surface area contributed by atoms with Crippen LogP contribution in [0.2, 0.25) is 0 Å². The maximum absolute atomic E-state index is 11.8. The average molecular weight is 266 g/mol. The molecule has 1 aliphatic heterocycles. The van der Waals surface area contributed by atoms with Gasteiger partial charge < -0.3 is 9.47 Å². The van der Waals surface area contributed by atoms with Gasteiger partial charge in [-0.05, 0) is 13.8 Å². The quantitative estimate of drug-likeness (QED) is 0.513. The van der Waals surface area contributed by atoms with Gasteiger partial charge in [0.15, 0.2) is 0 Å². The molecule has 8 nitrogen and oxygen atoms in total. The molecule has 0 aromatic heterocycles. The van der Waals surface area contributed by atoms with Gasteiger partial charge in [0.25, 0.3) is 11.1 Å². The van der Waals surface area contributed by atoms with Gasteiger partial charge in [-0.25, -0.2) is 15.0 Å². The zero-order valence-corrected chi connectivity index (χ0v) is 11.1. The van der Waals surface area contributed by atoms with Gasteiger partial charge in [0, 0.05) is 6.04 Å². The van der Waals surface area contributed by atoms with Crippen LogP contribution in [0.1, 0.15) is 13.8 Å². The highest BCUT2D eigenvalue weighted by atomic mass is 16.5. The lowest BCUT2D eigenvalue weighted by molar-refractivity contribution is -0.147. The van der Waals surface area contributed by atoms with E-state index in [2.05, 4.69) is 14.9 Å². The molecule has 8 heteroatoms. The smallest absolute Gasteiger partial charge is 0.346 e. The number of hydrogen-bond acceptors (Lipinski definition) is 8. The van der Waals surface area contributed by atoms with E-state index in [0.29, 0.717) is 0 Å². The summed E-state index contributed by atoms with van der Waals surface area (Å²) in [5.74, 6) is -1.98. The molecule has 102 valence electrons. The van der Waals surface area contributed by atoms with Crippen LogP contribution in [0.4, 0.5) is 0 Å². The number of carbonyl (C=O) groups is 2. The predicted octanol–water partition coefficient (Wildman–Crippen LogP) is -0.914. The fraction of sp³-hybridized carbons (Fsp3) is 0.636. The first-order chi connectivity index (χ1) is 8.88. The van der Waals surface area contributed by atoms with Crippen LogP contribution >= 0.6 is 0 Å². The van der Waals surface area contributed by atoms with E-state index in [-0.39, 0.29) is 6.04 Å². The van der Waals surface area contributed by atoms with Crippen molar-refractivity contribution in [1.82, 2.24) is 10.4 Å². The van der Waals surface area contributed by atoms with E-state index in [1.54, 1.807) is 26.0 Å². The van der Waals surface area contributed by atoms with Crippen LogP contribution in [0, 0.1) is 22.7 Å². The van der Waals surface area contributed by atoms with Crippen LogP contribution in [0.15, 0.2) is 0 Å². The Bertz CT molecular complexity index is 452. The summed E-state index contributed by atoms with van der Waals surface area (Å²) in [7, 11) is 2.15. The van der Waals surface area contributed by atoms with Crippen LogP contribution in [0.3, 0.4) is 0 Å². The summed E-state index contributed by atoms with van der Waals surface area (Å²) >= 11 is 0. The minimum Gasteiger partial charge on any atom is -0.467 e. The molecule has 1 N–H and O–H groups in total. The molecule has 0 bridgehead atoms. The molecule has 1 fully saturated rings. The third kappa shape index (κ3) is 1.65. The number of esters is 2. The maximum atomic E-state index is 11.8. The Kier molecular flexibility index (Phi) is 3.80. The Hall–Kier alpha value is -2.16. The van der Waals surface area contributed by atoms with E-state index in [1.807, 2.05) is 0 Å². The third-order valence-electron chi connectivity index (χ3n) is 2.82. The number of carbonyl (C=O) groups excluding carboxylic acids is 2. The second kappa shape index (κ2) is 4.84. The van der Waals surface area contributed by atoms with Crippen molar-refractivity contribution < 1.29 is 19.1 Å². The molecule has 0 aliphatic carbocycles. The molecule has 0 spiro atoms. The molecule has 0 saturated carbocycles. The number of nitrogens with one attached hydrogen (secondary N) is 1. The molecule has 0 unspecified atom stereocenters. The predicted molar refractivity (Wildman–Crippen MR) is 60.8 cm³/mol. The largest absolute Gasteiger partial charge is 0.467 e. The normalized spacial score (nSPS) is 32.1. The Morgan fingerprint density at radius 2 is 1.47 bits per heavy atom. The molecule has 1 rings (SSSR count). The second-order valence-electron chi connectivity index (χ2n) is 4.25. The first-order valence-electron chi connectivity index (χ1n) is 5.44. The molecule has 1 saturated heterocycles. The Labute approximate surface area is 110 Å². The van der Waals surface area contributed by atoms with Gasteiger partial charge in [-0.2, -0.15) is 15.5 Å². The zero-order valence-electron chi connectivity index (χ0n) is 11.1. The summed E-state index contributed by atoms with van der Waals surface area (Å²) in [6.45, 7) is 3.47. The van der Waals surface area contributed by atoms with Crippen molar-refractivity contribution in [3.8, 4) is 12.1 Å². The number of nitriles is 2. The van der Waals surface area contributed by atoms with Crippen molar-refractivity contribution in [2.75, 3.05) is 14.2 Å². The number of nitrogens with zero attached hydrogens (tertiary/aromatic N) is 3. The minimum absolute atomic E-state index is 0.197. The van der Waals surface area contributed by atoms with E-state index in [1.165, 1.54) is 0 Å². The fourth-order valence-corrected chi connectivity index (χ4v) is 1.94. The Morgan fingerprint density at radius 1 is 1.11 bits per heavy atom. The van der Waals surface area contributed by atoms with Crippen molar-refractivity contribution in [2.45, 2.75) is 31.0 Å². The van der Waals surface area contributed by atoms with Gasteiger partial charge >= 0.3 is 11.9 Å². The minimum atomic E-state index is -2.03. The summed E-state index contributed by atoms with van der Waals surface area (Å²) < 4.78 is 9.06. The highest BCUT2D eigenvalue weighted by molar-refractivity contribution is 6.06. The van der Waals surface area contributed by atoms with Crippen LogP contribution in [0.5, 0.6) is 0 Å². The lowest BCUT2D eigenvalue weighted by Crippen LogP contribution is -2.39. The first-order valence-corrected chi connectivity index (χ1v) is 5.44. The molecule has 1 aliphatic rings. The van der Waals surface area contributed by atoms with Crippen molar-refractivity contribution >= 4 is 11.9 Å². The summed E-state index contributed by atoms with van der Waals surface area (Å²) in [5, 5.41) is 19.5. The van der Waals surface area contributed by atoms with Gasteiger partial charge in [0.2, 0.25) is 0 Å². The van der Waals surface area contributed by atoms with E-state index < -0.39 is 23.0 Å². The van der Waals surface area contributed by atoms with Gasteiger partial charge in [0.05, 0.1) is 14.2 Å². The number of hydrazine groups is 1. The lowest BCUT2D eigenvalue weighted by Gasteiger charge is -2.11. The van der Waals surface area contributed by atoms with E-state index >= 15 is 0 Å². The topological polar surface area (TPSA) is 115 Å². The summed E-state index contributed by atoms with van der Waals surface area (Å²) in [5.41, 5.74) is -1.35. The fourth-order valence-electron chi connectivity index (χ4n) is 1.94. The van der Waals surface area contributed by atoms with Crippen molar-refractivity contribution in [1.29, 1.82) is 10.5 Å². The molecule has 0 aromatic carbocycles. The molecule has 2 atom stereocenters. The van der Waals surface area contributed by atoms with Crippen molar-refractivity contribution in [2.24, 2.45) is 0 Å². The Balaban J connectivity index is 3.36. The first kappa shape index (κ1) is 14.9. The molecular formula is C11H14N4O4. The molecule has 0 radical (unpaired) electrons. The maximum Gasteiger partial charge on any atom is 0.346 e. The van der Waals surface area contributed by atoms with Gasteiger partial charge in [-0.1, -0.05) is 0 Å². The number of hydrogen-bond donors (Lipinski definition) is 1. The number of methoxy groups -OCH3 is 2. The molecule has 1 heterocycles. The van der Waals surface area contributed by atoms with E-state index in [4.69, 9.17) is 0 Å². The average Bonchev–Trinajstić information content (AvgIpc) is 2.99. The van der Waals surface area contributed by atoms with Crippen LogP contribution in [-0.4, -0.2) is 48.3 Å². The van der Waals surface area contributed by atoms with Crippen molar-refractivity contribution in [3.05, 3.63) is 0 Å². The summed E-state index contributed by atoms with van der Waals surface area (Å²) in [6, 6.07) is 3.17. The molecular weight excluding hydrogens is 252 g/mol. The summed E-state index contributed by atoms with van der Waals surface area (Å²) in [4.78, 5) is 23.7. The zero-order chi connectivity index (χ0) is 14.8. The highest BCUT2D eigenvalue weighted by Gasteiger charge is 2.88. The standard InChI is InChI=1S/C11H14N4O4/c1-7(2)14-15-10(5-12,8(16)18-3)11(15,6-13)9(17)19-4/h7,14H,1-4H3/t10-,11-/m0/s1. The van der Waals surface area contributed by atoms with Gasteiger partial charge in [0.1, 0.15) is 12.1 Å². The van der Waals surface area contributed by atoms with Gasteiger partial charge in [-0.15, -0.1) is 0 Å². The molecule has 0 amide bonds. The third-order valence-corrected chi connectivity index (χ3v) is 2.82. The summed E-state index contributed by atoms with van der Waals surface area (Å²) in [6.07, 6.45) is 0. The van der Waals surface area contributed by atoms with Gasteiger partial charge in [-0.3, -0.25) is 0 Å².